The van der Waals surface area contributed by atoms with E-state index in [9.17, 15) is 19.5 Å². The predicted octanol–water partition coefficient (Wildman–Crippen LogP) is 0.295. The zero-order chi connectivity index (χ0) is 15.7. The summed E-state index contributed by atoms with van der Waals surface area (Å²) in [6.07, 6.45) is 2.71. The van der Waals surface area contributed by atoms with Crippen LogP contribution >= 0.6 is 0 Å². The Bertz CT molecular complexity index is 452. The lowest BCUT2D eigenvalue weighted by molar-refractivity contribution is -0.144. The molecule has 0 saturated heterocycles. The molecule has 2 aliphatic carbocycles. The maximum Gasteiger partial charge on any atom is 0.315 e. The van der Waals surface area contributed by atoms with Crippen LogP contribution in [-0.2, 0) is 9.59 Å². The van der Waals surface area contributed by atoms with E-state index in [2.05, 4.69) is 10.6 Å². The molecule has 0 spiro atoms. The van der Waals surface area contributed by atoms with Gasteiger partial charge in [0.2, 0.25) is 5.91 Å². The fraction of sp³-hybridized carbons (Fsp3) is 0.786. The summed E-state index contributed by atoms with van der Waals surface area (Å²) in [5.74, 6) is -1.74. The summed E-state index contributed by atoms with van der Waals surface area (Å²) < 4.78 is 0. The minimum Gasteiger partial charge on any atom is -0.481 e. The number of rotatable bonds is 5. The molecule has 5 atom stereocenters. The Labute approximate surface area is 123 Å². The van der Waals surface area contributed by atoms with Crippen LogP contribution in [-0.4, -0.2) is 35.1 Å². The molecule has 3 amide bonds. The van der Waals surface area contributed by atoms with Gasteiger partial charge in [0.25, 0.3) is 0 Å². The number of amides is 3. The first kappa shape index (κ1) is 15.6. The molecular formula is C14H23N3O4. The Morgan fingerprint density at radius 2 is 1.81 bits per heavy atom. The first-order chi connectivity index (χ1) is 9.81. The molecule has 2 rings (SSSR count). The highest BCUT2D eigenvalue weighted by molar-refractivity contribution is 5.86. The molecule has 5 N–H and O–H groups in total. The number of carbonyl (C=O) groups is 3. The maximum atomic E-state index is 12.0. The average molecular weight is 297 g/mol. The van der Waals surface area contributed by atoms with Gasteiger partial charge >= 0.3 is 12.0 Å². The van der Waals surface area contributed by atoms with Gasteiger partial charge in [-0.05, 0) is 37.0 Å². The normalized spacial score (nSPS) is 32.0. The highest BCUT2D eigenvalue weighted by Crippen LogP contribution is 2.48. The fourth-order valence-electron chi connectivity index (χ4n) is 3.75. The number of carbonyl (C=O) groups excluding carboxylic acids is 2. The first-order valence-electron chi connectivity index (χ1n) is 7.40. The van der Waals surface area contributed by atoms with Gasteiger partial charge in [0.15, 0.2) is 0 Å². The van der Waals surface area contributed by atoms with E-state index < -0.39 is 29.9 Å². The van der Waals surface area contributed by atoms with Gasteiger partial charge in [-0.15, -0.1) is 0 Å². The quantitative estimate of drug-likeness (QED) is 0.583. The first-order valence-corrected chi connectivity index (χ1v) is 7.40. The molecule has 5 unspecified atom stereocenters. The second-order valence-electron chi connectivity index (χ2n) is 6.46. The van der Waals surface area contributed by atoms with Gasteiger partial charge in [-0.3, -0.25) is 9.59 Å². The highest BCUT2D eigenvalue weighted by Gasteiger charge is 2.51. The van der Waals surface area contributed by atoms with Crippen LogP contribution in [0, 0.1) is 23.7 Å². The predicted molar refractivity (Wildman–Crippen MR) is 75.2 cm³/mol. The maximum absolute atomic E-state index is 12.0. The molecule has 7 heteroatoms. The van der Waals surface area contributed by atoms with Crippen molar-refractivity contribution in [3.63, 3.8) is 0 Å². The highest BCUT2D eigenvalue weighted by atomic mass is 16.4. The number of urea groups is 1. The minimum atomic E-state index is -0.859. The van der Waals surface area contributed by atoms with Gasteiger partial charge < -0.3 is 21.5 Å². The molecule has 0 aromatic rings. The topological polar surface area (TPSA) is 122 Å². The van der Waals surface area contributed by atoms with Gasteiger partial charge in [-0.1, -0.05) is 13.8 Å². The molecular weight excluding hydrogens is 274 g/mol. The van der Waals surface area contributed by atoms with Crippen molar-refractivity contribution in [3.05, 3.63) is 0 Å². The lowest BCUT2D eigenvalue weighted by Crippen LogP contribution is -2.55. The second-order valence-corrected chi connectivity index (χ2v) is 6.46. The zero-order valence-corrected chi connectivity index (χ0v) is 12.3. The monoisotopic (exact) mass is 297 g/mol. The average Bonchev–Trinajstić information content (AvgIpc) is 2.95. The lowest BCUT2D eigenvalue weighted by Gasteiger charge is -2.30. The molecule has 0 radical (unpaired) electrons. The molecule has 2 bridgehead atoms. The standard InChI is InChI=1S/C14H23N3O4/c1-6(2)10(12(15)18)16-14(21)17-11-8-4-3-7(5-8)9(11)13(19)20/h6-11H,3-5H2,1-2H3,(H2,15,18)(H,19,20)(H2,16,17,21). The van der Waals surface area contributed by atoms with Crippen molar-refractivity contribution in [2.75, 3.05) is 0 Å². The summed E-state index contributed by atoms with van der Waals surface area (Å²) in [4.78, 5) is 34.7. The molecule has 2 aliphatic rings. The van der Waals surface area contributed by atoms with E-state index >= 15 is 0 Å². The van der Waals surface area contributed by atoms with Crippen LogP contribution in [0.1, 0.15) is 33.1 Å². The van der Waals surface area contributed by atoms with Gasteiger partial charge in [0.05, 0.1) is 5.92 Å². The Balaban J connectivity index is 1.99. The summed E-state index contributed by atoms with van der Waals surface area (Å²) in [6, 6.07) is -1.63. The third-order valence-electron chi connectivity index (χ3n) is 4.76. The van der Waals surface area contributed by atoms with Crippen LogP contribution in [0.15, 0.2) is 0 Å². The van der Waals surface area contributed by atoms with Gasteiger partial charge in [0, 0.05) is 6.04 Å². The van der Waals surface area contributed by atoms with E-state index in [0.29, 0.717) is 0 Å². The Hall–Kier alpha value is -1.79. The SMILES string of the molecule is CC(C)C(NC(=O)NC1C2CCC(C2)C1C(=O)O)C(N)=O. The third kappa shape index (κ3) is 3.11. The number of nitrogens with one attached hydrogen (secondary N) is 2. The van der Waals surface area contributed by atoms with E-state index in [1.165, 1.54) is 0 Å². The van der Waals surface area contributed by atoms with Crippen molar-refractivity contribution in [3.8, 4) is 0 Å². The van der Waals surface area contributed by atoms with E-state index in [-0.39, 0.29) is 23.8 Å². The number of fused-ring (bicyclic) bond motifs is 2. The van der Waals surface area contributed by atoms with Crippen LogP contribution in [0.3, 0.4) is 0 Å². The summed E-state index contributed by atoms with van der Waals surface area (Å²) in [7, 11) is 0. The number of hydrogen-bond donors (Lipinski definition) is 4. The minimum absolute atomic E-state index is 0.122. The number of carboxylic acids is 1. The molecule has 118 valence electrons. The molecule has 2 saturated carbocycles. The van der Waals surface area contributed by atoms with E-state index in [0.717, 1.165) is 19.3 Å². The van der Waals surface area contributed by atoms with Crippen LogP contribution in [0.5, 0.6) is 0 Å². The van der Waals surface area contributed by atoms with Crippen molar-refractivity contribution < 1.29 is 19.5 Å². The van der Waals surface area contributed by atoms with Crippen LogP contribution in [0.2, 0.25) is 0 Å². The van der Waals surface area contributed by atoms with Gasteiger partial charge in [0.1, 0.15) is 6.04 Å². The largest absolute Gasteiger partial charge is 0.481 e. The summed E-state index contributed by atoms with van der Waals surface area (Å²) >= 11 is 0. The number of carboxylic acid groups (broad SMARTS) is 1. The van der Waals surface area contributed by atoms with Crippen LogP contribution in [0.25, 0.3) is 0 Å². The molecule has 21 heavy (non-hydrogen) atoms. The molecule has 0 aliphatic heterocycles. The number of hydrogen-bond acceptors (Lipinski definition) is 3. The molecule has 7 nitrogen and oxygen atoms in total. The Morgan fingerprint density at radius 3 is 2.33 bits per heavy atom. The number of aliphatic carboxylic acids is 1. The summed E-state index contributed by atoms with van der Waals surface area (Å²) in [6.45, 7) is 3.57. The van der Waals surface area contributed by atoms with Crippen molar-refractivity contribution in [1.82, 2.24) is 10.6 Å². The smallest absolute Gasteiger partial charge is 0.315 e. The van der Waals surface area contributed by atoms with Crippen molar-refractivity contribution in [1.29, 1.82) is 0 Å². The molecule has 0 heterocycles. The summed E-state index contributed by atoms with van der Waals surface area (Å²) in [5, 5.41) is 14.6. The van der Waals surface area contributed by atoms with Gasteiger partial charge in [-0.2, -0.15) is 0 Å². The molecule has 0 aromatic heterocycles. The van der Waals surface area contributed by atoms with Crippen molar-refractivity contribution >= 4 is 17.9 Å². The van der Waals surface area contributed by atoms with Crippen LogP contribution in [0.4, 0.5) is 4.79 Å². The number of primary amides is 1. The lowest BCUT2D eigenvalue weighted by atomic mass is 9.84. The van der Waals surface area contributed by atoms with Crippen molar-refractivity contribution in [2.24, 2.45) is 29.4 Å². The van der Waals surface area contributed by atoms with E-state index in [1.54, 1.807) is 13.8 Å². The fourth-order valence-corrected chi connectivity index (χ4v) is 3.75. The molecule has 2 fully saturated rings. The Kier molecular flexibility index (Phi) is 4.39. The van der Waals surface area contributed by atoms with E-state index in [4.69, 9.17) is 5.73 Å². The van der Waals surface area contributed by atoms with Crippen molar-refractivity contribution in [2.45, 2.75) is 45.2 Å². The summed E-state index contributed by atoms with van der Waals surface area (Å²) in [5.41, 5.74) is 5.25. The second kappa shape index (κ2) is 5.91. The molecule has 0 aromatic carbocycles. The Morgan fingerprint density at radius 1 is 1.19 bits per heavy atom. The zero-order valence-electron chi connectivity index (χ0n) is 12.3. The van der Waals surface area contributed by atoms with Gasteiger partial charge in [-0.25, -0.2) is 4.79 Å². The van der Waals surface area contributed by atoms with Crippen LogP contribution < -0.4 is 16.4 Å². The number of nitrogens with two attached hydrogens (primary N) is 1. The van der Waals surface area contributed by atoms with E-state index in [1.807, 2.05) is 0 Å². The third-order valence-corrected chi connectivity index (χ3v) is 4.76.